The van der Waals surface area contributed by atoms with E-state index in [9.17, 15) is 10.2 Å². The number of aromatic nitrogens is 1. The number of phenolic OH excluding ortho intramolecular Hbond substituents is 2. The second-order valence-electron chi connectivity index (χ2n) is 4.35. The standard InChI is InChI=1S/C16H12N2O2/c19-13-7-6-12(15(20)9-13)10-18-14-5-1-3-11-4-2-8-17-16(11)14/h1-10,19-20H. The molecule has 3 rings (SSSR count). The number of hydrogen-bond donors (Lipinski definition) is 2. The van der Waals surface area contributed by atoms with E-state index in [0.29, 0.717) is 5.56 Å². The Morgan fingerprint density at radius 3 is 2.70 bits per heavy atom. The number of rotatable bonds is 2. The van der Waals surface area contributed by atoms with Crippen molar-refractivity contribution in [3.8, 4) is 11.5 Å². The lowest BCUT2D eigenvalue weighted by Crippen LogP contribution is -1.83. The molecule has 0 amide bonds. The van der Waals surface area contributed by atoms with E-state index in [2.05, 4.69) is 9.98 Å². The maximum absolute atomic E-state index is 9.72. The molecule has 4 nitrogen and oxygen atoms in total. The van der Waals surface area contributed by atoms with Crippen molar-refractivity contribution in [3.63, 3.8) is 0 Å². The summed E-state index contributed by atoms with van der Waals surface area (Å²) in [5.41, 5.74) is 2.08. The highest BCUT2D eigenvalue weighted by Crippen LogP contribution is 2.25. The van der Waals surface area contributed by atoms with Gasteiger partial charge in [-0.3, -0.25) is 9.98 Å². The first-order valence-electron chi connectivity index (χ1n) is 6.14. The van der Waals surface area contributed by atoms with Gasteiger partial charge >= 0.3 is 0 Å². The fraction of sp³-hybridized carbons (Fsp3) is 0. The van der Waals surface area contributed by atoms with E-state index in [1.54, 1.807) is 18.5 Å². The molecule has 1 aromatic heterocycles. The number of benzene rings is 2. The third-order valence-corrected chi connectivity index (χ3v) is 2.97. The number of aromatic hydroxyl groups is 2. The molecular weight excluding hydrogens is 252 g/mol. The van der Waals surface area contributed by atoms with Crippen molar-refractivity contribution >= 4 is 22.8 Å². The topological polar surface area (TPSA) is 65.7 Å². The fourth-order valence-corrected chi connectivity index (χ4v) is 1.97. The number of para-hydroxylation sites is 1. The summed E-state index contributed by atoms with van der Waals surface area (Å²) in [5.74, 6) is 0.00780. The van der Waals surface area contributed by atoms with Crippen LogP contribution in [0.5, 0.6) is 11.5 Å². The number of phenols is 2. The summed E-state index contributed by atoms with van der Waals surface area (Å²) in [6, 6.07) is 14.0. The van der Waals surface area contributed by atoms with Crippen molar-refractivity contribution in [2.75, 3.05) is 0 Å². The average Bonchev–Trinajstić information content (AvgIpc) is 2.46. The van der Waals surface area contributed by atoms with Crippen LogP contribution < -0.4 is 0 Å². The van der Waals surface area contributed by atoms with Crippen molar-refractivity contribution in [1.82, 2.24) is 4.98 Å². The van der Waals surface area contributed by atoms with Crippen LogP contribution in [0.4, 0.5) is 5.69 Å². The molecule has 0 saturated heterocycles. The van der Waals surface area contributed by atoms with Crippen LogP contribution in [0.25, 0.3) is 10.9 Å². The summed E-state index contributed by atoms with van der Waals surface area (Å²) < 4.78 is 0. The fourth-order valence-electron chi connectivity index (χ4n) is 1.97. The highest BCUT2D eigenvalue weighted by Gasteiger charge is 2.01. The van der Waals surface area contributed by atoms with Gasteiger partial charge in [0.05, 0.1) is 11.2 Å². The Kier molecular flexibility index (Phi) is 3.05. The second-order valence-corrected chi connectivity index (χ2v) is 4.35. The predicted molar refractivity (Wildman–Crippen MR) is 78.8 cm³/mol. The summed E-state index contributed by atoms with van der Waals surface area (Å²) in [5, 5.41) is 20.0. The summed E-state index contributed by atoms with van der Waals surface area (Å²) in [7, 11) is 0. The maximum Gasteiger partial charge on any atom is 0.128 e. The summed E-state index contributed by atoms with van der Waals surface area (Å²) in [4.78, 5) is 8.68. The summed E-state index contributed by atoms with van der Waals surface area (Å²) >= 11 is 0. The molecule has 0 aliphatic heterocycles. The Labute approximate surface area is 115 Å². The predicted octanol–water partition coefficient (Wildman–Crippen LogP) is 3.40. The highest BCUT2D eigenvalue weighted by atomic mass is 16.3. The van der Waals surface area contributed by atoms with Gasteiger partial charge in [-0.2, -0.15) is 0 Å². The lowest BCUT2D eigenvalue weighted by Gasteiger charge is -2.01. The summed E-state index contributed by atoms with van der Waals surface area (Å²) in [6.45, 7) is 0. The second kappa shape index (κ2) is 5.01. The minimum Gasteiger partial charge on any atom is -0.508 e. The van der Waals surface area contributed by atoms with E-state index in [-0.39, 0.29) is 11.5 Å². The van der Waals surface area contributed by atoms with E-state index in [0.717, 1.165) is 16.6 Å². The van der Waals surface area contributed by atoms with Crippen molar-refractivity contribution in [2.24, 2.45) is 4.99 Å². The molecular formula is C16H12N2O2. The van der Waals surface area contributed by atoms with Crippen molar-refractivity contribution in [2.45, 2.75) is 0 Å². The monoisotopic (exact) mass is 264 g/mol. The van der Waals surface area contributed by atoms with Gasteiger partial charge in [0.1, 0.15) is 11.5 Å². The zero-order valence-corrected chi connectivity index (χ0v) is 10.6. The maximum atomic E-state index is 9.72. The lowest BCUT2D eigenvalue weighted by molar-refractivity contribution is 0.450. The van der Waals surface area contributed by atoms with Gasteiger partial charge in [-0.1, -0.05) is 18.2 Å². The summed E-state index contributed by atoms with van der Waals surface area (Å²) in [6.07, 6.45) is 3.28. The van der Waals surface area contributed by atoms with Crippen LogP contribution in [0.1, 0.15) is 5.56 Å². The molecule has 0 saturated carbocycles. The van der Waals surface area contributed by atoms with Crippen LogP contribution in [0.15, 0.2) is 59.7 Å². The minimum absolute atomic E-state index is 0.0121. The lowest BCUT2D eigenvalue weighted by atomic mass is 10.2. The molecule has 0 unspecified atom stereocenters. The minimum atomic E-state index is -0.0121. The van der Waals surface area contributed by atoms with E-state index in [4.69, 9.17) is 0 Å². The van der Waals surface area contributed by atoms with Gasteiger partial charge in [0, 0.05) is 29.4 Å². The molecule has 0 radical (unpaired) electrons. The number of hydrogen-bond acceptors (Lipinski definition) is 4. The Hall–Kier alpha value is -2.88. The first-order valence-corrected chi connectivity index (χ1v) is 6.14. The van der Waals surface area contributed by atoms with Gasteiger partial charge in [0.15, 0.2) is 0 Å². The number of aliphatic imine (C=N–C) groups is 1. The smallest absolute Gasteiger partial charge is 0.128 e. The van der Waals surface area contributed by atoms with Crippen LogP contribution in [-0.4, -0.2) is 21.4 Å². The molecule has 2 aromatic carbocycles. The van der Waals surface area contributed by atoms with Crippen molar-refractivity contribution in [3.05, 3.63) is 60.3 Å². The Morgan fingerprint density at radius 2 is 1.85 bits per heavy atom. The first-order chi connectivity index (χ1) is 9.74. The third-order valence-electron chi connectivity index (χ3n) is 2.97. The zero-order chi connectivity index (χ0) is 13.9. The molecule has 0 aliphatic carbocycles. The van der Waals surface area contributed by atoms with Crippen LogP contribution in [0.3, 0.4) is 0 Å². The normalized spacial score (nSPS) is 11.2. The molecule has 0 fully saturated rings. The van der Waals surface area contributed by atoms with Gasteiger partial charge in [0.2, 0.25) is 0 Å². The largest absolute Gasteiger partial charge is 0.508 e. The molecule has 0 spiro atoms. The molecule has 1 heterocycles. The Morgan fingerprint density at radius 1 is 1.00 bits per heavy atom. The average molecular weight is 264 g/mol. The molecule has 98 valence electrons. The van der Waals surface area contributed by atoms with Gasteiger partial charge in [-0.15, -0.1) is 0 Å². The quantitative estimate of drug-likeness (QED) is 0.697. The van der Waals surface area contributed by atoms with E-state index < -0.39 is 0 Å². The Balaban J connectivity index is 2.02. The van der Waals surface area contributed by atoms with Crippen LogP contribution in [-0.2, 0) is 0 Å². The van der Waals surface area contributed by atoms with Crippen molar-refractivity contribution in [1.29, 1.82) is 0 Å². The van der Waals surface area contributed by atoms with Gasteiger partial charge in [-0.05, 0) is 24.3 Å². The SMILES string of the molecule is Oc1ccc(C=Nc2cccc3cccnc23)c(O)c1. The molecule has 20 heavy (non-hydrogen) atoms. The van der Waals surface area contributed by atoms with Gasteiger partial charge in [-0.25, -0.2) is 0 Å². The van der Waals surface area contributed by atoms with Crippen molar-refractivity contribution < 1.29 is 10.2 Å². The first kappa shape index (κ1) is 12.2. The van der Waals surface area contributed by atoms with Crippen LogP contribution >= 0.6 is 0 Å². The molecule has 0 aliphatic rings. The molecule has 0 atom stereocenters. The van der Waals surface area contributed by atoms with Gasteiger partial charge in [0.25, 0.3) is 0 Å². The molecule has 0 bridgehead atoms. The van der Waals surface area contributed by atoms with E-state index >= 15 is 0 Å². The van der Waals surface area contributed by atoms with E-state index in [1.165, 1.54) is 12.1 Å². The van der Waals surface area contributed by atoms with Crippen LogP contribution in [0.2, 0.25) is 0 Å². The number of pyridine rings is 1. The van der Waals surface area contributed by atoms with Gasteiger partial charge < -0.3 is 10.2 Å². The zero-order valence-electron chi connectivity index (χ0n) is 10.6. The van der Waals surface area contributed by atoms with E-state index in [1.807, 2.05) is 30.3 Å². The molecule has 4 heteroatoms. The Bertz CT molecular complexity index is 792. The highest BCUT2D eigenvalue weighted by molar-refractivity contribution is 5.93. The number of fused-ring (bicyclic) bond motifs is 1. The van der Waals surface area contributed by atoms with Crippen LogP contribution in [0, 0.1) is 0 Å². The molecule has 3 aromatic rings. The number of nitrogens with zero attached hydrogens (tertiary/aromatic N) is 2. The third kappa shape index (κ3) is 2.31. The molecule has 2 N–H and O–H groups in total.